The molecule has 1 N–H and O–H groups in total. The van der Waals surface area contributed by atoms with Crippen LogP contribution < -0.4 is 10.1 Å². The van der Waals surface area contributed by atoms with Gasteiger partial charge in [0.05, 0.1) is 12.1 Å². The number of halogens is 1. The van der Waals surface area contributed by atoms with Crippen LogP contribution in [0.4, 0.5) is 0 Å². The molecule has 116 valence electrons. The van der Waals surface area contributed by atoms with Crippen molar-refractivity contribution in [3.63, 3.8) is 0 Å². The molecule has 0 spiro atoms. The summed E-state index contributed by atoms with van der Waals surface area (Å²) < 4.78 is 5.66. The summed E-state index contributed by atoms with van der Waals surface area (Å²) in [5.41, 5.74) is 1.50. The second-order valence-corrected chi connectivity index (χ2v) is 5.41. The van der Waals surface area contributed by atoms with E-state index in [0.29, 0.717) is 23.7 Å². The molecule has 0 saturated carbocycles. The van der Waals surface area contributed by atoms with Gasteiger partial charge in [-0.15, -0.1) is 0 Å². The third-order valence-corrected chi connectivity index (χ3v) is 3.59. The maximum Gasteiger partial charge on any atom is 0.251 e. The molecule has 1 amide bonds. The molecule has 2 aromatic carbocycles. The zero-order valence-corrected chi connectivity index (χ0v) is 13.1. The Bertz CT molecular complexity index is 819. The zero-order valence-electron chi connectivity index (χ0n) is 12.3. The first-order valence-electron chi connectivity index (χ1n) is 7.24. The third-order valence-electron chi connectivity index (χ3n) is 3.34. The Kier molecular flexibility index (Phi) is 4.74. The zero-order chi connectivity index (χ0) is 16.1. The van der Waals surface area contributed by atoms with Gasteiger partial charge in [-0.3, -0.25) is 9.78 Å². The smallest absolute Gasteiger partial charge is 0.251 e. The van der Waals surface area contributed by atoms with Gasteiger partial charge in [0, 0.05) is 22.2 Å². The lowest BCUT2D eigenvalue weighted by molar-refractivity contribution is 0.0947. The highest BCUT2D eigenvalue weighted by atomic mass is 35.5. The Morgan fingerprint density at radius 2 is 1.96 bits per heavy atom. The number of nitrogens with one attached hydrogen (secondary N) is 1. The van der Waals surface area contributed by atoms with Gasteiger partial charge < -0.3 is 10.1 Å². The predicted octanol–water partition coefficient (Wildman–Crippen LogP) is 3.70. The van der Waals surface area contributed by atoms with Crippen LogP contribution in [0, 0.1) is 0 Å². The number of carbonyl (C=O) groups excluding carboxylic acids is 1. The standard InChI is InChI=1S/C18H15ClN2O2/c19-15-5-3-13(4-6-15)18(22)21-10-11-23-16-7-8-17-14(12-16)2-1-9-20-17/h1-9,12H,10-11H2,(H,21,22). The molecule has 0 unspecified atom stereocenters. The monoisotopic (exact) mass is 326 g/mol. The van der Waals surface area contributed by atoms with Crippen molar-refractivity contribution < 1.29 is 9.53 Å². The number of nitrogens with zero attached hydrogens (tertiary/aromatic N) is 1. The van der Waals surface area contributed by atoms with Crippen LogP contribution in [0.2, 0.25) is 5.02 Å². The van der Waals surface area contributed by atoms with Crippen molar-refractivity contribution in [2.75, 3.05) is 13.2 Å². The van der Waals surface area contributed by atoms with E-state index in [1.165, 1.54) is 0 Å². The maximum absolute atomic E-state index is 11.9. The molecule has 4 nitrogen and oxygen atoms in total. The van der Waals surface area contributed by atoms with Crippen molar-refractivity contribution in [1.29, 1.82) is 0 Å². The van der Waals surface area contributed by atoms with Crippen molar-refractivity contribution in [2.24, 2.45) is 0 Å². The molecule has 0 bridgehead atoms. The first-order chi connectivity index (χ1) is 11.2. The Labute approximate surface area is 139 Å². The number of aromatic nitrogens is 1. The van der Waals surface area contributed by atoms with Gasteiger partial charge in [-0.2, -0.15) is 0 Å². The Morgan fingerprint density at radius 3 is 2.78 bits per heavy atom. The summed E-state index contributed by atoms with van der Waals surface area (Å²) >= 11 is 5.80. The number of fused-ring (bicyclic) bond motifs is 1. The first-order valence-corrected chi connectivity index (χ1v) is 7.61. The summed E-state index contributed by atoms with van der Waals surface area (Å²) in [7, 11) is 0. The maximum atomic E-state index is 11.9. The predicted molar refractivity (Wildman–Crippen MR) is 91.0 cm³/mol. The lowest BCUT2D eigenvalue weighted by Crippen LogP contribution is -2.28. The van der Waals surface area contributed by atoms with Gasteiger partial charge in [0.15, 0.2) is 0 Å². The molecule has 0 fully saturated rings. The quantitative estimate of drug-likeness (QED) is 0.727. The van der Waals surface area contributed by atoms with Gasteiger partial charge in [0.25, 0.3) is 5.91 Å². The van der Waals surface area contributed by atoms with E-state index < -0.39 is 0 Å². The fourth-order valence-electron chi connectivity index (χ4n) is 2.18. The fraction of sp³-hybridized carbons (Fsp3) is 0.111. The number of benzene rings is 2. The highest BCUT2D eigenvalue weighted by Crippen LogP contribution is 2.18. The molecule has 0 atom stereocenters. The lowest BCUT2D eigenvalue weighted by Gasteiger charge is -2.08. The molecule has 5 heteroatoms. The minimum Gasteiger partial charge on any atom is -0.492 e. The average molecular weight is 327 g/mol. The summed E-state index contributed by atoms with van der Waals surface area (Å²) in [6, 6.07) is 16.3. The SMILES string of the molecule is O=C(NCCOc1ccc2ncccc2c1)c1ccc(Cl)cc1. The summed E-state index contributed by atoms with van der Waals surface area (Å²) in [6.45, 7) is 0.817. The van der Waals surface area contributed by atoms with Crippen molar-refractivity contribution in [3.8, 4) is 5.75 Å². The molecular weight excluding hydrogens is 312 g/mol. The molecule has 3 aromatic rings. The van der Waals surface area contributed by atoms with Gasteiger partial charge in [-0.05, 0) is 48.5 Å². The van der Waals surface area contributed by atoms with Crippen LogP contribution in [0.25, 0.3) is 10.9 Å². The molecule has 23 heavy (non-hydrogen) atoms. The van der Waals surface area contributed by atoms with Crippen molar-refractivity contribution in [2.45, 2.75) is 0 Å². The second kappa shape index (κ2) is 7.11. The number of amides is 1. The number of ether oxygens (including phenoxy) is 1. The lowest BCUT2D eigenvalue weighted by atomic mass is 10.2. The minimum atomic E-state index is -0.145. The Balaban J connectivity index is 1.50. The molecule has 0 aliphatic carbocycles. The van der Waals surface area contributed by atoms with Gasteiger partial charge in [0.1, 0.15) is 12.4 Å². The second-order valence-electron chi connectivity index (χ2n) is 4.97. The van der Waals surface area contributed by atoms with E-state index in [1.807, 2.05) is 30.3 Å². The molecule has 0 saturated heterocycles. The number of hydrogen-bond acceptors (Lipinski definition) is 3. The fourth-order valence-corrected chi connectivity index (χ4v) is 2.31. The normalized spacial score (nSPS) is 10.5. The van der Waals surface area contributed by atoms with Crippen LogP contribution in [-0.2, 0) is 0 Å². The number of rotatable bonds is 5. The topological polar surface area (TPSA) is 51.2 Å². The molecule has 1 aromatic heterocycles. The molecule has 1 heterocycles. The summed E-state index contributed by atoms with van der Waals surface area (Å²) in [4.78, 5) is 16.2. The van der Waals surface area contributed by atoms with E-state index in [4.69, 9.17) is 16.3 Å². The van der Waals surface area contributed by atoms with Crippen LogP contribution in [0.3, 0.4) is 0 Å². The average Bonchev–Trinajstić information content (AvgIpc) is 2.59. The van der Waals surface area contributed by atoms with Crippen LogP contribution in [0.5, 0.6) is 5.75 Å². The number of hydrogen-bond donors (Lipinski definition) is 1. The van der Waals surface area contributed by atoms with Crippen molar-refractivity contribution in [3.05, 3.63) is 71.4 Å². The van der Waals surface area contributed by atoms with E-state index in [0.717, 1.165) is 16.7 Å². The molecule has 3 rings (SSSR count). The van der Waals surface area contributed by atoms with Gasteiger partial charge in [-0.1, -0.05) is 17.7 Å². The molecule has 0 radical (unpaired) electrons. The summed E-state index contributed by atoms with van der Waals surface area (Å²) in [6.07, 6.45) is 1.76. The molecule has 0 aliphatic heterocycles. The van der Waals surface area contributed by atoms with Crippen molar-refractivity contribution in [1.82, 2.24) is 10.3 Å². The van der Waals surface area contributed by atoms with Crippen LogP contribution in [0.15, 0.2) is 60.8 Å². The van der Waals surface area contributed by atoms with Crippen LogP contribution in [0.1, 0.15) is 10.4 Å². The number of pyridine rings is 1. The van der Waals surface area contributed by atoms with Crippen LogP contribution >= 0.6 is 11.6 Å². The Morgan fingerprint density at radius 1 is 1.13 bits per heavy atom. The Hall–Kier alpha value is -2.59. The first kappa shape index (κ1) is 15.3. The largest absolute Gasteiger partial charge is 0.492 e. The van der Waals surface area contributed by atoms with Gasteiger partial charge in [-0.25, -0.2) is 0 Å². The molecule has 0 aliphatic rings. The minimum absolute atomic E-state index is 0.145. The summed E-state index contributed by atoms with van der Waals surface area (Å²) in [5.74, 6) is 0.610. The van der Waals surface area contributed by atoms with E-state index >= 15 is 0 Å². The van der Waals surface area contributed by atoms with Crippen LogP contribution in [-0.4, -0.2) is 24.0 Å². The van der Waals surface area contributed by atoms with Crippen molar-refractivity contribution >= 4 is 28.4 Å². The number of carbonyl (C=O) groups is 1. The third kappa shape index (κ3) is 3.99. The van der Waals surface area contributed by atoms with E-state index in [9.17, 15) is 4.79 Å². The highest BCUT2D eigenvalue weighted by Gasteiger charge is 2.04. The summed E-state index contributed by atoms with van der Waals surface area (Å²) in [5, 5.41) is 4.44. The molecular formula is C18H15ClN2O2. The van der Waals surface area contributed by atoms with E-state index in [1.54, 1.807) is 30.5 Å². The van der Waals surface area contributed by atoms with E-state index in [2.05, 4.69) is 10.3 Å². The highest BCUT2D eigenvalue weighted by molar-refractivity contribution is 6.30. The van der Waals surface area contributed by atoms with Gasteiger partial charge >= 0.3 is 0 Å². The van der Waals surface area contributed by atoms with E-state index in [-0.39, 0.29) is 5.91 Å². The van der Waals surface area contributed by atoms with Gasteiger partial charge in [0.2, 0.25) is 0 Å².